The van der Waals surface area contributed by atoms with Gasteiger partial charge in [0, 0.05) is 44.3 Å². The first-order valence-corrected chi connectivity index (χ1v) is 24.3. The number of hydrogen-bond donors (Lipinski definition) is 0. The Bertz CT molecular complexity index is 4280. The zero-order valence-electron chi connectivity index (χ0n) is 38.7. The van der Waals surface area contributed by atoms with Crippen LogP contribution in [0.2, 0.25) is 0 Å². The average Bonchev–Trinajstić information content (AvgIpc) is 3.99. The predicted molar refractivity (Wildman–Crippen MR) is 299 cm³/mol. The SMILES string of the molecule is c1ccc(-c2cccc(N(c3ccc(-c4ccc(-c5cccc(-n6c7ccccc7c7ccccc76)c5)cc4)cc3)c3ccc4c(ccc5cc(-c6ccc7c(c6)oc6ccccc67)ccc54)c3)c2)cc1. The first-order valence-electron chi connectivity index (χ1n) is 24.3. The van der Waals surface area contributed by atoms with Gasteiger partial charge in [0.05, 0.1) is 11.0 Å². The summed E-state index contributed by atoms with van der Waals surface area (Å²) in [6.07, 6.45) is 0. The molecule has 0 spiro atoms. The van der Waals surface area contributed by atoms with Gasteiger partial charge in [-0.15, -0.1) is 0 Å². The van der Waals surface area contributed by atoms with E-state index in [4.69, 9.17) is 4.42 Å². The third-order valence-corrected chi connectivity index (χ3v) is 14.4. The Kier molecular flexibility index (Phi) is 9.53. The van der Waals surface area contributed by atoms with Crippen LogP contribution in [-0.4, -0.2) is 4.57 Å². The van der Waals surface area contributed by atoms with Gasteiger partial charge in [0.1, 0.15) is 11.2 Å². The van der Waals surface area contributed by atoms with Gasteiger partial charge in [-0.3, -0.25) is 0 Å². The largest absolute Gasteiger partial charge is 0.456 e. The molecule has 0 saturated heterocycles. The maximum Gasteiger partial charge on any atom is 0.136 e. The number of para-hydroxylation sites is 3. The molecule has 14 rings (SSSR count). The summed E-state index contributed by atoms with van der Waals surface area (Å²) < 4.78 is 8.63. The summed E-state index contributed by atoms with van der Waals surface area (Å²) in [5.74, 6) is 0. The van der Waals surface area contributed by atoms with Crippen molar-refractivity contribution >= 4 is 82.4 Å². The fourth-order valence-corrected chi connectivity index (χ4v) is 10.9. The van der Waals surface area contributed by atoms with Crippen LogP contribution < -0.4 is 4.90 Å². The van der Waals surface area contributed by atoms with Crippen LogP contribution >= 0.6 is 0 Å². The zero-order chi connectivity index (χ0) is 46.8. The molecule has 0 bridgehead atoms. The molecule has 0 unspecified atom stereocenters. The van der Waals surface area contributed by atoms with Crippen molar-refractivity contribution < 1.29 is 4.42 Å². The van der Waals surface area contributed by atoms with Gasteiger partial charge in [0.15, 0.2) is 0 Å². The van der Waals surface area contributed by atoms with Gasteiger partial charge in [0.25, 0.3) is 0 Å². The molecule has 332 valence electrons. The van der Waals surface area contributed by atoms with Crippen molar-refractivity contribution in [1.29, 1.82) is 0 Å². The third-order valence-electron chi connectivity index (χ3n) is 14.4. The molecule has 0 N–H and O–H groups in total. The summed E-state index contributed by atoms with van der Waals surface area (Å²) in [6.45, 7) is 0. The molecule has 2 heterocycles. The van der Waals surface area contributed by atoms with E-state index in [0.29, 0.717) is 0 Å². The summed E-state index contributed by atoms with van der Waals surface area (Å²) in [6, 6.07) is 96.8. The summed E-state index contributed by atoms with van der Waals surface area (Å²) in [5.41, 5.74) is 18.1. The minimum Gasteiger partial charge on any atom is -0.456 e. The summed E-state index contributed by atoms with van der Waals surface area (Å²) >= 11 is 0. The lowest BCUT2D eigenvalue weighted by molar-refractivity contribution is 0.669. The van der Waals surface area contributed by atoms with E-state index < -0.39 is 0 Å². The average molecular weight is 905 g/mol. The highest BCUT2D eigenvalue weighted by molar-refractivity contribution is 6.11. The quantitative estimate of drug-likeness (QED) is 0.142. The molecule has 71 heavy (non-hydrogen) atoms. The highest BCUT2D eigenvalue weighted by Crippen LogP contribution is 2.41. The maximum atomic E-state index is 6.25. The molecule has 14 aromatic rings. The van der Waals surface area contributed by atoms with Crippen molar-refractivity contribution in [2.24, 2.45) is 0 Å². The molecule has 2 aromatic heterocycles. The van der Waals surface area contributed by atoms with Gasteiger partial charge in [-0.2, -0.15) is 0 Å². The molecule has 0 fully saturated rings. The van der Waals surface area contributed by atoms with Crippen LogP contribution in [0, 0.1) is 0 Å². The molecule has 0 amide bonds. The lowest BCUT2D eigenvalue weighted by Gasteiger charge is -2.27. The summed E-state index contributed by atoms with van der Waals surface area (Å²) in [7, 11) is 0. The molecule has 0 aliphatic heterocycles. The lowest BCUT2D eigenvalue weighted by Crippen LogP contribution is -2.10. The minimum absolute atomic E-state index is 0.909. The second-order valence-corrected chi connectivity index (χ2v) is 18.5. The Morgan fingerprint density at radius 1 is 0.254 bits per heavy atom. The first-order chi connectivity index (χ1) is 35.2. The van der Waals surface area contributed by atoms with E-state index in [1.165, 1.54) is 82.3 Å². The van der Waals surface area contributed by atoms with E-state index in [0.717, 1.165) is 50.3 Å². The number of nitrogens with zero attached hydrogens (tertiary/aromatic N) is 2. The van der Waals surface area contributed by atoms with Crippen LogP contribution in [0.25, 0.3) is 115 Å². The second-order valence-electron chi connectivity index (χ2n) is 18.5. The smallest absolute Gasteiger partial charge is 0.136 e. The van der Waals surface area contributed by atoms with Gasteiger partial charge >= 0.3 is 0 Å². The van der Waals surface area contributed by atoms with Gasteiger partial charge in [-0.05, 0) is 151 Å². The van der Waals surface area contributed by atoms with Crippen LogP contribution in [0.15, 0.2) is 271 Å². The van der Waals surface area contributed by atoms with Gasteiger partial charge in [-0.1, -0.05) is 182 Å². The van der Waals surface area contributed by atoms with E-state index in [-0.39, 0.29) is 0 Å². The number of benzene rings is 12. The topological polar surface area (TPSA) is 21.3 Å². The fraction of sp³-hybridized carbons (Fsp3) is 0. The molecule has 12 aromatic carbocycles. The monoisotopic (exact) mass is 904 g/mol. The van der Waals surface area contributed by atoms with Gasteiger partial charge in [0.2, 0.25) is 0 Å². The summed E-state index contributed by atoms with van der Waals surface area (Å²) in [5, 5.41) is 9.67. The van der Waals surface area contributed by atoms with E-state index in [9.17, 15) is 0 Å². The van der Waals surface area contributed by atoms with Crippen molar-refractivity contribution in [3.8, 4) is 50.2 Å². The number of furan rings is 1. The Morgan fingerprint density at radius 2 is 0.718 bits per heavy atom. The molecule has 0 radical (unpaired) electrons. The van der Waals surface area contributed by atoms with Crippen molar-refractivity contribution in [2.75, 3.05) is 4.90 Å². The second kappa shape index (κ2) is 16.7. The first kappa shape index (κ1) is 40.6. The van der Waals surface area contributed by atoms with Crippen LogP contribution in [0.1, 0.15) is 0 Å². The Balaban J connectivity index is 0.792. The molecule has 0 aliphatic carbocycles. The molecule has 0 aliphatic rings. The van der Waals surface area contributed by atoms with Crippen LogP contribution in [0.4, 0.5) is 17.1 Å². The van der Waals surface area contributed by atoms with Crippen LogP contribution in [-0.2, 0) is 0 Å². The fourth-order valence-electron chi connectivity index (χ4n) is 10.9. The van der Waals surface area contributed by atoms with Gasteiger partial charge < -0.3 is 13.9 Å². The van der Waals surface area contributed by atoms with E-state index in [1.54, 1.807) is 0 Å². The van der Waals surface area contributed by atoms with E-state index in [2.05, 4.69) is 264 Å². The number of anilines is 3. The zero-order valence-corrected chi connectivity index (χ0v) is 38.7. The van der Waals surface area contributed by atoms with E-state index >= 15 is 0 Å². The molecule has 0 saturated carbocycles. The van der Waals surface area contributed by atoms with Crippen molar-refractivity contribution in [2.45, 2.75) is 0 Å². The highest BCUT2D eigenvalue weighted by atomic mass is 16.3. The van der Waals surface area contributed by atoms with Crippen LogP contribution in [0.5, 0.6) is 0 Å². The summed E-state index contributed by atoms with van der Waals surface area (Å²) in [4.78, 5) is 2.38. The highest BCUT2D eigenvalue weighted by Gasteiger charge is 2.17. The Morgan fingerprint density at radius 3 is 1.45 bits per heavy atom. The Labute approximate surface area is 411 Å². The molecule has 3 nitrogen and oxygen atoms in total. The lowest BCUT2D eigenvalue weighted by atomic mass is 9.96. The normalized spacial score (nSPS) is 11.7. The maximum absolute atomic E-state index is 6.25. The standard InChI is InChI=1S/C68H44N2O/c1-2-12-45(13-3-1)49-14-10-16-56(41-49)69(58-36-39-60-54(43-58)29-28-53-40-51(32-37-59(53)60)52-33-38-64-63-20-6-9-23-67(63)71-68(64)44-52)55-34-30-47(31-35-55)46-24-26-48(27-25-46)50-15-11-17-57(42-50)70-65-21-7-4-18-61(65)62-19-5-8-22-66(62)70/h1-44H. The number of hydrogen-bond acceptors (Lipinski definition) is 2. The molecule has 3 heteroatoms. The Hall–Kier alpha value is -9.44. The van der Waals surface area contributed by atoms with Crippen LogP contribution in [0.3, 0.4) is 0 Å². The number of fused-ring (bicyclic) bond motifs is 9. The van der Waals surface area contributed by atoms with Crippen molar-refractivity contribution in [1.82, 2.24) is 4.57 Å². The van der Waals surface area contributed by atoms with E-state index in [1.807, 2.05) is 12.1 Å². The predicted octanol–water partition coefficient (Wildman–Crippen LogP) is 19.1. The number of aromatic nitrogens is 1. The molecule has 0 atom stereocenters. The number of rotatable bonds is 8. The minimum atomic E-state index is 0.909. The molecular weight excluding hydrogens is 861 g/mol. The van der Waals surface area contributed by atoms with Gasteiger partial charge in [-0.25, -0.2) is 0 Å². The van der Waals surface area contributed by atoms with Crippen molar-refractivity contribution in [3.05, 3.63) is 267 Å². The van der Waals surface area contributed by atoms with Crippen molar-refractivity contribution in [3.63, 3.8) is 0 Å². The molecular formula is C68H44N2O. The third kappa shape index (κ3) is 7.06.